The Morgan fingerprint density at radius 3 is 2.00 bits per heavy atom. The number of carbonyl (C=O) groups excluding carboxylic acids is 1. The minimum absolute atomic E-state index is 0.103. The van der Waals surface area contributed by atoms with Crippen molar-refractivity contribution in [3.63, 3.8) is 0 Å². The van der Waals surface area contributed by atoms with Crippen LogP contribution in [-0.2, 0) is 10.2 Å². The average molecular weight is 372 g/mol. The molecule has 0 aromatic heterocycles. The first-order valence-corrected chi connectivity index (χ1v) is 9.32. The van der Waals surface area contributed by atoms with Crippen LogP contribution in [0.3, 0.4) is 0 Å². The van der Waals surface area contributed by atoms with Gasteiger partial charge in [-0.3, -0.25) is 4.79 Å². The van der Waals surface area contributed by atoms with Crippen molar-refractivity contribution in [1.82, 2.24) is 5.43 Å². The summed E-state index contributed by atoms with van der Waals surface area (Å²) in [5.41, 5.74) is 6.08. The van der Waals surface area contributed by atoms with Gasteiger partial charge < -0.3 is 0 Å². The molecule has 0 heterocycles. The molecule has 4 heteroatoms. The Balaban J connectivity index is 1.56. The number of nitrogens with one attached hydrogen (secondary N) is 1. The highest BCUT2D eigenvalue weighted by molar-refractivity contribution is 5.99. The molecule has 0 radical (unpaired) electrons. The molecule has 3 nitrogen and oxygen atoms in total. The van der Waals surface area contributed by atoms with E-state index in [2.05, 4.69) is 34.8 Å². The first-order chi connectivity index (χ1) is 13.6. The number of hydrogen-bond donors (Lipinski definition) is 1. The molecule has 1 fully saturated rings. The molecular weight excluding hydrogens is 351 g/mol. The summed E-state index contributed by atoms with van der Waals surface area (Å²) in [6.07, 6.45) is 0.748. The monoisotopic (exact) mass is 372 g/mol. The molecule has 0 aliphatic heterocycles. The molecule has 0 saturated heterocycles. The van der Waals surface area contributed by atoms with Crippen molar-refractivity contribution < 1.29 is 9.18 Å². The number of rotatable bonds is 5. The number of hydrogen-bond acceptors (Lipinski definition) is 2. The average Bonchev–Trinajstić information content (AvgIpc) is 3.51. The fraction of sp³-hybridized carbons (Fsp3) is 0.167. The lowest BCUT2D eigenvalue weighted by Gasteiger charge is -2.18. The lowest BCUT2D eigenvalue weighted by atomic mass is 9.85. The molecule has 0 spiro atoms. The Labute approximate surface area is 163 Å². The summed E-state index contributed by atoms with van der Waals surface area (Å²) in [7, 11) is 0. The van der Waals surface area contributed by atoms with Gasteiger partial charge in [0, 0.05) is 5.41 Å². The lowest BCUT2D eigenvalue weighted by molar-refractivity contribution is -0.122. The number of carbonyl (C=O) groups is 1. The molecule has 1 saturated carbocycles. The van der Waals surface area contributed by atoms with Crippen molar-refractivity contribution >= 4 is 11.6 Å². The van der Waals surface area contributed by atoms with Crippen LogP contribution in [0.4, 0.5) is 4.39 Å². The van der Waals surface area contributed by atoms with Gasteiger partial charge in [-0.1, -0.05) is 72.8 Å². The molecule has 3 aromatic carbocycles. The van der Waals surface area contributed by atoms with E-state index in [0.29, 0.717) is 5.71 Å². The molecular formula is C24H21FN2O. The van der Waals surface area contributed by atoms with Crippen LogP contribution in [0, 0.1) is 11.7 Å². The van der Waals surface area contributed by atoms with Gasteiger partial charge in [0.05, 0.1) is 11.6 Å². The van der Waals surface area contributed by atoms with E-state index in [1.54, 1.807) is 19.1 Å². The zero-order chi connectivity index (χ0) is 19.6. The molecule has 1 atom stereocenters. The van der Waals surface area contributed by atoms with Gasteiger partial charge in [-0.25, -0.2) is 9.82 Å². The summed E-state index contributed by atoms with van der Waals surface area (Å²) >= 11 is 0. The smallest absolute Gasteiger partial charge is 0.244 e. The van der Waals surface area contributed by atoms with E-state index in [1.807, 2.05) is 36.4 Å². The van der Waals surface area contributed by atoms with E-state index in [1.165, 1.54) is 12.1 Å². The van der Waals surface area contributed by atoms with Gasteiger partial charge in [-0.15, -0.1) is 0 Å². The van der Waals surface area contributed by atoms with E-state index in [-0.39, 0.29) is 23.1 Å². The number of hydrazone groups is 1. The molecule has 1 N–H and O–H groups in total. The largest absolute Gasteiger partial charge is 0.273 e. The van der Waals surface area contributed by atoms with Crippen molar-refractivity contribution in [3.8, 4) is 0 Å². The second-order valence-corrected chi connectivity index (χ2v) is 7.14. The third kappa shape index (κ3) is 3.33. The van der Waals surface area contributed by atoms with Crippen LogP contribution in [-0.4, -0.2) is 11.6 Å². The molecule has 4 rings (SSSR count). The summed E-state index contributed by atoms with van der Waals surface area (Å²) in [6.45, 7) is 1.79. The Hall–Kier alpha value is -3.27. The fourth-order valence-electron chi connectivity index (χ4n) is 3.83. The van der Waals surface area contributed by atoms with Gasteiger partial charge in [-0.2, -0.15) is 5.10 Å². The summed E-state index contributed by atoms with van der Waals surface area (Å²) in [5.74, 6) is -0.578. The molecule has 1 amide bonds. The van der Waals surface area contributed by atoms with E-state index in [9.17, 15) is 9.18 Å². The summed E-state index contributed by atoms with van der Waals surface area (Å²) in [6, 6.07) is 26.3. The first-order valence-electron chi connectivity index (χ1n) is 9.32. The fourth-order valence-corrected chi connectivity index (χ4v) is 3.83. The van der Waals surface area contributed by atoms with Crippen LogP contribution >= 0.6 is 0 Å². The Bertz CT molecular complexity index is 958. The summed E-state index contributed by atoms with van der Waals surface area (Å²) in [4.78, 5) is 12.9. The quantitative estimate of drug-likeness (QED) is 0.513. The SMILES string of the molecule is C/C(=N\NC(=O)C1CC1(c1ccccc1)c1ccccc1)c1ccc(F)cc1. The molecule has 1 aliphatic carbocycles. The molecule has 140 valence electrons. The highest BCUT2D eigenvalue weighted by Crippen LogP contribution is 2.58. The van der Waals surface area contributed by atoms with Gasteiger partial charge in [0.25, 0.3) is 0 Å². The lowest BCUT2D eigenvalue weighted by Crippen LogP contribution is -2.26. The van der Waals surface area contributed by atoms with Crippen LogP contribution in [0.1, 0.15) is 30.0 Å². The van der Waals surface area contributed by atoms with E-state index >= 15 is 0 Å². The predicted molar refractivity (Wildman–Crippen MR) is 109 cm³/mol. The standard InChI is InChI=1S/C24H21FN2O/c1-17(18-12-14-21(25)15-13-18)26-27-23(28)22-16-24(22,19-8-4-2-5-9-19)20-10-6-3-7-11-20/h2-15,22H,16H2,1H3,(H,27,28)/b26-17+. The number of nitrogens with zero attached hydrogens (tertiary/aromatic N) is 1. The maximum atomic E-state index is 13.1. The van der Waals surface area contributed by atoms with Crippen LogP contribution in [0.5, 0.6) is 0 Å². The molecule has 1 aliphatic rings. The summed E-state index contributed by atoms with van der Waals surface area (Å²) in [5, 5.41) is 4.23. The van der Waals surface area contributed by atoms with Gasteiger partial charge >= 0.3 is 0 Å². The second kappa shape index (κ2) is 7.39. The van der Waals surface area contributed by atoms with Crippen LogP contribution in [0.25, 0.3) is 0 Å². The zero-order valence-electron chi connectivity index (χ0n) is 15.6. The molecule has 1 unspecified atom stereocenters. The minimum atomic E-state index is -0.314. The second-order valence-electron chi connectivity index (χ2n) is 7.14. The highest BCUT2D eigenvalue weighted by atomic mass is 19.1. The first kappa shape index (κ1) is 18.1. The highest BCUT2D eigenvalue weighted by Gasteiger charge is 2.60. The number of amides is 1. The zero-order valence-corrected chi connectivity index (χ0v) is 15.6. The van der Waals surface area contributed by atoms with Crippen LogP contribution in [0.15, 0.2) is 90.0 Å². The third-order valence-electron chi connectivity index (χ3n) is 5.45. The minimum Gasteiger partial charge on any atom is -0.273 e. The molecule has 3 aromatic rings. The molecule has 0 bridgehead atoms. The van der Waals surface area contributed by atoms with E-state index in [4.69, 9.17) is 0 Å². The van der Waals surface area contributed by atoms with Gasteiger partial charge in [0.1, 0.15) is 5.82 Å². The van der Waals surface area contributed by atoms with Crippen molar-refractivity contribution in [2.24, 2.45) is 11.0 Å². The van der Waals surface area contributed by atoms with Gasteiger partial charge in [0.2, 0.25) is 5.91 Å². The number of benzene rings is 3. The van der Waals surface area contributed by atoms with E-state index in [0.717, 1.165) is 23.1 Å². The van der Waals surface area contributed by atoms with Crippen molar-refractivity contribution in [2.75, 3.05) is 0 Å². The Morgan fingerprint density at radius 1 is 0.929 bits per heavy atom. The normalized spacial score (nSPS) is 17.8. The third-order valence-corrected chi connectivity index (χ3v) is 5.45. The Kier molecular flexibility index (Phi) is 4.78. The van der Waals surface area contributed by atoms with Gasteiger partial charge in [-0.05, 0) is 42.2 Å². The molecule has 28 heavy (non-hydrogen) atoms. The maximum absolute atomic E-state index is 13.1. The van der Waals surface area contributed by atoms with Crippen LogP contribution in [0.2, 0.25) is 0 Å². The Morgan fingerprint density at radius 2 is 1.46 bits per heavy atom. The van der Waals surface area contributed by atoms with Crippen molar-refractivity contribution in [2.45, 2.75) is 18.8 Å². The van der Waals surface area contributed by atoms with Crippen molar-refractivity contribution in [1.29, 1.82) is 0 Å². The predicted octanol–water partition coefficient (Wildman–Crippen LogP) is 4.67. The topological polar surface area (TPSA) is 41.5 Å². The van der Waals surface area contributed by atoms with Crippen molar-refractivity contribution in [3.05, 3.63) is 107 Å². The van der Waals surface area contributed by atoms with Gasteiger partial charge in [0.15, 0.2) is 0 Å². The number of halogens is 1. The van der Waals surface area contributed by atoms with E-state index < -0.39 is 0 Å². The maximum Gasteiger partial charge on any atom is 0.244 e. The summed E-state index contributed by atoms with van der Waals surface area (Å²) < 4.78 is 13.1. The van der Waals surface area contributed by atoms with Crippen LogP contribution < -0.4 is 5.43 Å².